The molecule has 0 N–H and O–H groups in total. The number of piperazine rings is 1. The van der Waals surface area contributed by atoms with Crippen LogP contribution in [0.3, 0.4) is 0 Å². The van der Waals surface area contributed by atoms with Crippen LogP contribution in [0.15, 0.2) is 72.9 Å². The lowest BCUT2D eigenvalue weighted by atomic mass is 10.1. The van der Waals surface area contributed by atoms with Gasteiger partial charge in [-0.25, -0.2) is 9.97 Å². The predicted molar refractivity (Wildman–Crippen MR) is 118 cm³/mol. The summed E-state index contributed by atoms with van der Waals surface area (Å²) in [7, 11) is 0. The number of hydrogen-bond donors (Lipinski definition) is 0. The maximum absolute atomic E-state index is 13.2. The number of benzene rings is 2. The van der Waals surface area contributed by atoms with Crippen molar-refractivity contribution in [3.63, 3.8) is 0 Å². The molecule has 2 aromatic heterocycles. The molecule has 0 spiro atoms. The van der Waals surface area contributed by atoms with Gasteiger partial charge in [0.05, 0.1) is 5.56 Å². The van der Waals surface area contributed by atoms with Crippen molar-refractivity contribution in [2.75, 3.05) is 31.1 Å². The number of anilines is 1. The first-order valence-corrected chi connectivity index (χ1v) is 10.7. The number of hydrogen-bond acceptors (Lipinski definition) is 6. The molecule has 6 nitrogen and oxygen atoms in total. The number of carbonyl (C=O) groups excluding carboxylic acids is 1. The number of thiazole rings is 1. The molecule has 1 fully saturated rings. The van der Waals surface area contributed by atoms with E-state index in [0.717, 1.165) is 28.6 Å². The van der Waals surface area contributed by atoms with Crippen LogP contribution < -0.4 is 9.64 Å². The van der Waals surface area contributed by atoms with Gasteiger partial charge in [0, 0.05) is 32.4 Å². The standard InChI is InChI=1S/C23H20N4O2S/c28-22(18-9-4-5-11-20(18)29-17-7-2-1-3-8-17)26-13-15-27(16-14-26)23-25-19-10-6-12-24-21(19)30-23/h1-12H,13-16H2. The Balaban J connectivity index is 1.29. The van der Waals surface area contributed by atoms with Crippen LogP contribution in [0.2, 0.25) is 0 Å². The van der Waals surface area contributed by atoms with Crippen LogP contribution in [-0.4, -0.2) is 47.0 Å². The number of pyridine rings is 1. The van der Waals surface area contributed by atoms with E-state index in [2.05, 4.69) is 14.9 Å². The van der Waals surface area contributed by atoms with Gasteiger partial charge in [0.25, 0.3) is 5.91 Å². The van der Waals surface area contributed by atoms with Crippen LogP contribution in [0.25, 0.3) is 10.3 Å². The molecular weight excluding hydrogens is 396 g/mol. The quantitative estimate of drug-likeness (QED) is 0.492. The highest BCUT2D eigenvalue weighted by molar-refractivity contribution is 7.21. The van der Waals surface area contributed by atoms with E-state index >= 15 is 0 Å². The van der Waals surface area contributed by atoms with Gasteiger partial charge in [-0.2, -0.15) is 0 Å². The van der Waals surface area contributed by atoms with Crippen molar-refractivity contribution in [2.24, 2.45) is 0 Å². The summed E-state index contributed by atoms with van der Waals surface area (Å²) in [5.41, 5.74) is 1.50. The van der Waals surface area contributed by atoms with Crippen LogP contribution in [0.5, 0.6) is 11.5 Å². The Morgan fingerprint density at radius 1 is 0.900 bits per heavy atom. The number of amides is 1. The fraction of sp³-hybridized carbons (Fsp3) is 0.174. The molecule has 4 aromatic rings. The van der Waals surface area contributed by atoms with E-state index in [0.29, 0.717) is 30.2 Å². The largest absolute Gasteiger partial charge is 0.457 e. The number of ether oxygens (including phenoxy) is 1. The molecule has 1 amide bonds. The molecule has 0 aliphatic carbocycles. The predicted octanol–water partition coefficient (Wildman–Crippen LogP) is 4.45. The maximum Gasteiger partial charge on any atom is 0.257 e. The summed E-state index contributed by atoms with van der Waals surface area (Å²) in [5, 5.41) is 0.962. The molecule has 0 bridgehead atoms. The van der Waals surface area contributed by atoms with E-state index in [1.165, 1.54) is 0 Å². The molecule has 0 radical (unpaired) electrons. The molecule has 30 heavy (non-hydrogen) atoms. The zero-order chi connectivity index (χ0) is 20.3. The van der Waals surface area contributed by atoms with E-state index < -0.39 is 0 Å². The van der Waals surface area contributed by atoms with Crippen LogP contribution in [0.4, 0.5) is 5.13 Å². The van der Waals surface area contributed by atoms with E-state index in [1.54, 1.807) is 17.5 Å². The summed E-state index contributed by atoms with van der Waals surface area (Å²) in [6.07, 6.45) is 1.79. The van der Waals surface area contributed by atoms with Gasteiger partial charge in [-0.15, -0.1) is 0 Å². The summed E-state index contributed by atoms with van der Waals surface area (Å²) >= 11 is 1.59. The van der Waals surface area contributed by atoms with Crippen molar-refractivity contribution in [3.8, 4) is 11.5 Å². The number of rotatable bonds is 4. The summed E-state index contributed by atoms with van der Waals surface area (Å²) in [6.45, 7) is 2.77. The second-order valence-electron chi connectivity index (χ2n) is 7.01. The second-order valence-corrected chi connectivity index (χ2v) is 7.97. The fourth-order valence-corrected chi connectivity index (χ4v) is 4.47. The molecular formula is C23H20N4O2S. The van der Waals surface area contributed by atoms with E-state index in [9.17, 15) is 4.79 Å². The van der Waals surface area contributed by atoms with Crippen LogP contribution in [0.1, 0.15) is 10.4 Å². The van der Waals surface area contributed by atoms with Crippen molar-refractivity contribution >= 4 is 32.7 Å². The molecule has 0 atom stereocenters. The monoisotopic (exact) mass is 416 g/mol. The molecule has 1 saturated heterocycles. The minimum absolute atomic E-state index is 0.00727. The number of nitrogens with zero attached hydrogens (tertiary/aromatic N) is 4. The van der Waals surface area contributed by atoms with Crippen molar-refractivity contribution in [1.29, 1.82) is 0 Å². The van der Waals surface area contributed by atoms with Crippen molar-refractivity contribution in [1.82, 2.24) is 14.9 Å². The lowest BCUT2D eigenvalue weighted by Gasteiger charge is -2.34. The second kappa shape index (κ2) is 8.12. The van der Waals surface area contributed by atoms with E-state index in [1.807, 2.05) is 71.6 Å². The Hall–Kier alpha value is -3.45. The zero-order valence-electron chi connectivity index (χ0n) is 16.3. The Kier molecular flexibility index (Phi) is 5.03. The maximum atomic E-state index is 13.2. The van der Waals surface area contributed by atoms with Gasteiger partial charge in [0.1, 0.15) is 21.8 Å². The fourth-order valence-electron chi connectivity index (χ4n) is 3.51. The summed E-state index contributed by atoms with van der Waals surface area (Å²) < 4.78 is 5.97. The Morgan fingerprint density at radius 2 is 1.67 bits per heavy atom. The highest BCUT2D eigenvalue weighted by Crippen LogP contribution is 2.29. The normalized spacial score (nSPS) is 14.1. The van der Waals surface area contributed by atoms with Gasteiger partial charge >= 0.3 is 0 Å². The molecule has 0 unspecified atom stereocenters. The Morgan fingerprint density at radius 3 is 2.47 bits per heavy atom. The zero-order valence-corrected chi connectivity index (χ0v) is 17.1. The number of fused-ring (bicyclic) bond motifs is 1. The van der Waals surface area contributed by atoms with Gasteiger partial charge in [-0.1, -0.05) is 41.7 Å². The molecule has 2 aromatic carbocycles. The minimum atomic E-state index is -0.00727. The van der Waals surface area contributed by atoms with E-state index in [-0.39, 0.29) is 5.91 Å². The molecule has 0 saturated carbocycles. The topological polar surface area (TPSA) is 58.6 Å². The molecule has 1 aliphatic heterocycles. The average Bonchev–Trinajstić information content (AvgIpc) is 3.24. The van der Waals surface area contributed by atoms with Crippen molar-refractivity contribution < 1.29 is 9.53 Å². The van der Waals surface area contributed by atoms with Gasteiger partial charge < -0.3 is 14.5 Å². The average molecular weight is 417 g/mol. The third-order valence-electron chi connectivity index (χ3n) is 5.08. The van der Waals surface area contributed by atoms with Gasteiger partial charge in [-0.05, 0) is 36.4 Å². The Bertz CT molecular complexity index is 1140. The first-order chi connectivity index (χ1) is 14.8. The number of para-hydroxylation sites is 2. The highest BCUT2D eigenvalue weighted by Gasteiger charge is 2.26. The van der Waals surface area contributed by atoms with Gasteiger partial charge in [0.2, 0.25) is 0 Å². The van der Waals surface area contributed by atoms with Crippen molar-refractivity contribution in [3.05, 3.63) is 78.5 Å². The lowest BCUT2D eigenvalue weighted by molar-refractivity contribution is 0.0744. The smallest absolute Gasteiger partial charge is 0.257 e. The third-order valence-corrected chi connectivity index (χ3v) is 6.12. The number of aromatic nitrogens is 2. The summed E-state index contributed by atoms with van der Waals surface area (Å²) in [5.74, 6) is 1.28. The van der Waals surface area contributed by atoms with Crippen LogP contribution in [-0.2, 0) is 0 Å². The Labute approximate surface area is 178 Å². The molecule has 1 aliphatic rings. The minimum Gasteiger partial charge on any atom is -0.457 e. The highest BCUT2D eigenvalue weighted by atomic mass is 32.1. The number of carbonyl (C=O) groups is 1. The first-order valence-electron chi connectivity index (χ1n) is 9.86. The molecule has 3 heterocycles. The van der Waals surface area contributed by atoms with Crippen LogP contribution >= 0.6 is 11.3 Å². The van der Waals surface area contributed by atoms with Gasteiger partial charge in [-0.3, -0.25) is 4.79 Å². The SMILES string of the molecule is O=C(c1ccccc1Oc1ccccc1)N1CCN(c2nc3cccnc3s2)CC1. The molecule has 5 rings (SSSR count). The summed E-state index contributed by atoms with van der Waals surface area (Å²) in [4.78, 5) is 27.3. The lowest BCUT2D eigenvalue weighted by Crippen LogP contribution is -2.48. The van der Waals surface area contributed by atoms with Crippen molar-refractivity contribution in [2.45, 2.75) is 0 Å². The van der Waals surface area contributed by atoms with Crippen LogP contribution in [0, 0.1) is 0 Å². The molecule has 7 heteroatoms. The first kappa shape index (κ1) is 18.6. The molecule has 150 valence electrons. The summed E-state index contributed by atoms with van der Waals surface area (Å²) in [6, 6.07) is 20.8. The van der Waals surface area contributed by atoms with Gasteiger partial charge in [0.15, 0.2) is 5.13 Å². The third kappa shape index (κ3) is 3.71. The van der Waals surface area contributed by atoms with E-state index in [4.69, 9.17) is 4.74 Å².